The molecule has 0 spiro atoms. The molecular weight excluding hydrogens is 362 g/mol. The van der Waals surface area contributed by atoms with Crippen LogP contribution in [0, 0.1) is 0 Å². The Bertz CT molecular complexity index is 1270. The number of hydrogen-bond donors (Lipinski definition) is 1. The fraction of sp³-hybridized carbons (Fsp3) is 0.0556. The number of nitrogens with one attached hydrogen (secondary N) is 1. The van der Waals surface area contributed by atoms with Gasteiger partial charge in [-0.25, -0.2) is 15.0 Å². The normalized spacial score (nSPS) is 11.4. The molecule has 0 radical (unpaired) electrons. The van der Waals surface area contributed by atoms with Crippen LogP contribution in [0.2, 0.25) is 0 Å². The molecule has 0 amide bonds. The van der Waals surface area contributed by atoms with Crippen molar-refractivity contribution >= 4 is 28.6 Å². The highest BCUT2D eigenvalue weighted by molar-refractivity contribution is 7.98. The van der Waals surface area contributed by atoms with Gasteiger partial charge in [-0.2, -0.15) is 5.10 Å². The van der Waals surface area contributed by atoms with Gasteiger partial charge in [-0.3, -0.25) is 18.9 Å². The van der Waals surface area contributed by atoms with E-state index >= 15 is 0 Å². The van der Waals surface area contributed by atoms with E-state index in [1.165, 1.54) is 18.0 Å². The van der Waals surface area contributed by atoms with Crippen molar-refractivity contribution in [2.24, 2.45) is 0 Å². The third kappa shape index (κ3) is 2.77. The van der Waals surface area contributed by atoms with Crippen molar-refractivity contribution in [3.05, 3.63) is 77.2 Å². The van der Waals surface area contributed by atoms with Gasteiger partial charge in [0.05, 0.1) is 17.6 Å². The second-order valence-electron chi connectivity index (χ2n) is 5.85. The number of fused-ring (bicyclic) bond motifs is 2. The Morgan fingerprint density at radius 1 is 1.11 bits per heavy atom. The summed E-state index contributed by atoms with van der Waals surface area (Å²) in [7, 11) is 0. The van der Waals surface area contributed by atoms with Gasteiger partial charge < -0.3 is 0 Å². The Morgan fingerprint density at radius 2 is 2.00 bits per heavy atom. The lowest BCUT2D eigenvalue weighted by Gasteiger charge is -2.11. The summed E-state index contributed by atoms with van der Waals surface area (Å²) in [6, 6.07) is 11.3. The maximum Gasteiger partial charge on any atom is 0.269 e. The van der Waals surface area contributed by atoms with E-state index in [0.29, 0.717) is 27.7 Å². The predicted octanol–water partition coefficient (Wildman–Crippen LogP) is 2.44. The number of imidazole rings is 1. The fourth-order valence-corrected chi connectivity index (χ4v) is 3.75. The van der Waals surface area contributed by atoms with E-state index in [1.807, 2.05) is 53.2 Å². The summed E-state index contributed by atoms with van der Waals surface area (Å²) in [4.78, 5) is 26.3. The van der Waals surface area contributed by atoms with Gasteiger partial charge in [0.25, 0.3) is 5.56 Å². The fourth-order valence-electron chi connectivity index (χ4n) is 2.86. The quantitative estimate of drug-likeness (QED) is 0.383. The second-order valence-corrected chi connectivity index (χ2v) is 6.79. The van der Waals surface area contributed by atoms with Crippen LogP contribution in [0.25, 0.3) is 22.5 Å². The Morgan fingerprint density at radius 3 is 2.85 bits per heavy atom. The minimum atomic E-state index is -0.154. The Balaban J connectivity index is 1.58. The van der Waals surface area contributed by atoms with Crippen LogP contribution in [-0.2, 0) is 5.75 Å². The topological polar surface area (TPSA) is 93.8 Å². The molecule has 132 valence electrons. The first kappa shape index (κ1) is 15.8. The number of rotatable bonds is 4. The van der Waals surface area contributed by atoms with Crippen molar-refractivity contribution in [1.29, 1.82) is 0 Å². The average molecular weight is 375 g/mol. The molecule has 9 heteroatoms. The molecule has 1 N–H and O–H groups in total. The summed E-state index contributed by atoms with van der Waals surface area (Å²) < 4.78 is 3.47. The lowest BCUT2D eigenvalue weighted by atomic mass is 10.3. The molecule has 0 aliphatic heterocycles. The Hall–Kier alpha value is -3.46. The number of hydrogen-bond acceptors (Lipinski definition) is 6. The monoisotopic (exact) mass is 375 g/mol. The zero-order valence-electron chi connectivity index (χ0n) is 14.0. The maximum absolute atomic E-state index is 13.0. The van der Waals surface area contributed by atoms with Crippen molar-refractivity contribution in [2.75, 3.05) is 0 Å². The van der Waals surface area contributed by atoms with Crippen molar-refractivity contribution in [1.82, 2.24) is 34.1 Å². The van der Waals surface area contributed by atoms with E-state index in [4.69, 9.17) is 0 Å². The van der Waals surface area contributed by atoms with Crippen LogP contribution in [0.15, 0.2) is 71.1 Å². The van der Waals surface area contributed by atoms with E-state index in [1.54, 1.807) is 10.8 Å². The lowest BCUT2D eigenvalue weighted by molar-refractivity contribution is 0.815. The van der Waals surface area contributed by atoms with Crippen molar-refractivity contribution < 1.29 is 0 Å². The number of aromatic amines is 1. The molecule has 0 unspecified atom stereocenters. The molecule has 0 atom stereocenters. The zero-order valence-corrected chi connectivity index (χ0v) is 14.8. The van der Waals surface area contributed by atoms with Crippen LogP contribution in [0.5, 0.6) is 0 Å². The van der Waals surface area contributed by atoms with Crippen LogP contribution in [0.4, 0.5) is 0 Å². The molecule has 0 aliphatic rings. The Labute approximate surface area is 156 Å². The SMILES string of the molecule is O=c1c2cn[nH]c2nc(SCc2cn3cccnc3n2)n1-c1ccccc1. The summed E-state index contributed by atoms with van der Waals surface area (Å²) >= 11 is 1.44. The predicted molar refractivity (Wildman–Crippen MR) is 102 cm³/mol. The lowest BCUT2D eigenvalue weighted by Crippen LogP contribution is -2.21. The van der Waals surface area contributed by atoms with Crippen molar-refractivity contribution in [2.45, 2.75) is 10.9 Å². The van der Waals surface area contributed by atoms with Gasteiger partial charge in [0.15, 0.2) is 10.8 Å². The van der Waals surface area contributed by atoms with Gasteiger partial charge in [-0.05, 0) is 18.2 Å². The third-order valence-electron chi connectivity index (χ3n) is 4.10. The molecule has 0 fully saturated rings. The van der Waals surface area contributed by atoms with Gasteiger partial charge in [0.2, 0.25) is 5.78 Å². The first-order chi connectivity index (χ1) is 13.3. The number of H-pyrrole nitrogens is 1. The minimum Gasteiger partial charge on any atom is -0.291 e. The van der Waals surface area contributed by atoms with Crippen LogP contribution in [0.1, 0.15) is 5.69 Å². The number of benzene rings is 1. The zero-order chi connectivity index (χ0) is 18.2. The van der Waals surface area contributed by atoms with Crippen LogP contribution < -0.4 is 5.56 Å². The molecule has 27 heavy (non-hydrogen) atoms. The van der Waals surface area contributed by atoms with Gasteiger partial charge in [-0.1, -0.05) is 30.0 Å². The van der Waals surface area contributed by atoms with Crippen LogP contribution in [0.3, 0.4) is 0 Å². The first-order valence-electron chi connectivity index (χ1n) is 8.22. The summed E-state index contributed by atoms with van der Waals surface area (Å²) in [6.07, 6.45) is 7.04. The van der Waals surface area contributed by atoms with E-state index < -0.39 is 0 Å². The number of nitrogens with zero attached hydrogens (tertiary/aromatic N) is 6. The smallest absolute Gasteiger partial charge is 0.269 e. The summed E-state index contributed by atoms with van der Waals surface area (Å²) in [5.74, 6) is 1.20. The minimum absolute atomic E-state index is 0.154. The standard InChI is InChI=1S/C18H13N7OS/c26-16-14-9-20-23-15(14)22-18(25(16)13-5-2-1-3-6-13)27-11-12-10-24-8-4-7-19-17(24)21-12/h1-10H,11H2,(H,20,23). The molecule has 0 saturated carbocycles. The third-order valence-corrected chi connectivity index (χ3v) is 5.07. The summed E-state index contributed by atoms with van der Waals surface area (Å²) in [5.41, 5.74) is 1.94. The summed E-state index contributed by atoms with van der Waals surface area (Å²) in [6.45, 7) is 0. The molecule has 5 aromatic rings. The average Bonchev–Trinajstić information content (AvgIpc) is 3.33. The second kappa shape index (κ2) is 6.36. The van der Waals surface area contributed by atoms with E-state index in [2.05, 4.69) is 25.1 Å². The molecule has 4 aromatic heterocycles. The van der Waals surface area contributed by atoms with E-state index in [-0.39, 0.29) is 5.56 Å². The van der Waals surface area contributed by atoms with Crippen molar-refractivity contribution in [3.63, 3.8) is 0 Å². The maximum atomic E-state index is 13.0. The molecule has 0 saturated heterocycles. The number of thioether (sulfide) groups is 1. The Kier molecular flexibility index (Phi) is 3.72. The van der Waals surface area contributed by atoms with E-state index in [0.717, 1.165) is 11.4 Å². The molecule has 8 nitrogen and oxygen atoms in total. The number of aromatic nitrogens is 7. The van der Waals surface area contributed by atoms with Crippen molar-refractivity contribution in [3.8, 4) is 5.69 Å². The van der Waals surface area contributed by atoms with E-state index in [9.17, 15) is 4.79 Å². The molecule has 0 bridgehead atoms. The molecule has 4 heterocycles. The van der Waals surface area contributed by atoms with Gasteiger partial charge >= 0.3 is 0 Å². The molecule has 0 aliphatic carbocycles. The van der Waals surface area contributed by atoms with Gasteiger partial charge in [0, 0.05) is 24.3 Å². The van der Waals surface area contributed by atoms with Crippen LogP contribution in [-0.4, -0.2) is 34.1 Å². The van der Waals surface area contributed by atoms with Gasteiger partial charge in [0.1, 0.15) is 5.39 Å². The van der Waals surface area contributed by atoms with Gasteiger partial charge in [-0.15, -0.1) is 0 Å². The summed E-state index contributed by atoms with van der Waals surface area (Å²) in [5, 5.41) is 7.77. The first-order valence-corrected chi connectivity index (χ1v) is 9.21. The van der Waals surface area contributed by atoms with Crippen LogP contribution >= 0.6 is 11.8 Å². The number of para-hydroxylation sites is 1. The highest BCUT2D eigenvalue weighted by atomic mass is 32.2. The highest BCUT2D eigenvalue weighted by Gasteiger charge is 2.15. The molecule has 1 aromatic carbocycles. The molecular formula is C18H13N7OS. The molecule has 5 rings (SSSR count). The highest BCUT2D eigenvalue weighted by Crippen LogP contribution is 2.23. The largest absolute Gasteiger partial charge is 0.291 e.